The van der Waals surface area contributed by atoms with E-state index >= 15 is 0 Å². The number of piperazine rings is 1. The number of hydrogen-bond donors (Lipinski definition) is 1. The molecule has 1 amide bonds. The Balaban J connectivity index is 2.52. The van der Waals surface area contributed by atoms with Crippen molar-refractivity contribution in [1.29, 1.82) is 5.26 Å². The van der Waals surface area contributed by atoms with Crippen LogP contribution in [-0.4, -0.2) is 60.0 Å². The van der Waals surface area contributed by atoms with Crippen LogP contribution in [0.2, 0.25) is 0 Å². The van der Waals surface area contributed by atoms with Crippen LogP contribution in [0.15, 0.2) is 0 Å². The summed E-state index contributed by atoms with van der Waals surface area (Å²) < 4.78 is 0. The largest absolute Gasteiger partial charge is 0.355 e. The quantitative estimate of drug-likeness (QED) is 0.587. The molecular formula is C15H28N4O. The highest BCUT2D eigenvalue weighted by atomic mass is 16.2. The van der Waals surface area contributed by atoms with Gasteiger partial charge in [-0.1, -0.05) is 13.3 Å². The Morgan fingerprint density at radius 1 is 1.40 bits per heavy atom. The van der Waals surface area contributed by atoms with Gasteiger partial charge in [0.05, 0.1) is 18.7 Å². The molecule has 114 valence electrons. The molecule has 1 aliphatic rings. The maximum Gasteiger partial charge on any atom is 0.237 e. The van der Waals surface area contributed by atoms with E-state index in [2.05, 4.69) is 42.0 Å². The van der Waals surface area contributed by atoms with Gasteiger partial charge in [-0.2, -0.15) is 5.26 Å². The molecule has 1 aliphatic heterocycles. The summed E-state index contributed by atoms with van der Waals surface area (Å²) in [6.45, 7) is 11.3. The third-order valence-corrected chi connectivity index (χ3v) is 4.14. The smallest absolute Gasteiger partial charge is 0.237 e. The lowest BCUT2D eigenvalue weighted by Gasteiger charge is -2.45. The van der Waals surface area contributed by atoms with Crippen LogP contribution in [0.5, 0.6) is 0 Å². The van der Waals surface area contributed by atoms with Gasteiger partial charge in [0, 0.05) is 31.7 Å². The summed E-state index contributed by atoms with van der Waals surface area (Å²) >= 11 is 0. The number of nitrogens with zero attached hydrogens (tertiary/aromatic N) is 3. The van der Waals surface area contributed by atoms with Crippen LogP contribution in [0.25, 0.3) is 0 Å². The normalized spacial score (nSPS) is 25.9. The minimum absolute atomic E-state index is 0.0963. The minimum Gasteiger partial charge on any atom is -0.355 e. The average Bonchev–Trinajstić information content (AvgIpc) is 2.42. The molecular weight excluding hydrogens is 252 g/mol. The van der Waals surface area contributed by atoms with Gasteiger partial charge in [0.2, 0.25) is 5.91 Å². The predicted octanol–water partition coefficient (Wildman–Crippen LogP) is 1.21. The van der Waals surface area contributed by atoms with Crippen molar-refractivity contribution in [3.05, 3.63) is 0 Å². The summed E-state index contributed by atoms with van der Waals surface area (Å²) in [7, 11) is 0. The maximum atomic E-state index is 12.1. The molecule has 5 heteroatoms. The van der Waals surface area contributed by atoms with Gasteiger partial charge in [0.1, 0.15) is 0 Å². The van der Waals surface area contributed by atoms with E-state index in [9.17, 15) is 4.79 Å². The second kappa shape index (κ2) is 8.23. The fourth-order valence-corrected chi connectivity index (χ4v) is 2.81. The van der Waals surface area contributed by atoms with E-state index in [4.69, 9.17) is 5.26 Å². The standard InChI is InChI=1S/C15H28N4O/c1-5-6-8-17-15(20)14(4)18-10-12(2)19(9-7-16)13(3)11-18/h12-14H,5-6,8-11H2,1-4H3,(H,17,20). The molecule has 0 spiro atoms. The Morgan fingerprint density at radius 2 is 2.00 bits per heavy atom. The molecule has 0 aliphatic carbocycles. The molecule has 20 heavy (non-hydrogen) atoms. The Bertz CT molecular complexity index is 340. The van der Waals surface area contributed by atoms with E-state index in [1.165, 1.54) is 0 Å². The van der Waals surface area contributed by atoms with Gasteiger partial charge in [-0.25, -0.2) is 0 Å². The fraction of sp³-hybridized carbons (Fsp3) is 0.867. The molecule has 0 bridgehead atoms. The topological polar surface area (TPSA) is 59.4 Å². The average molecular weight is 280 g/mol. The van der Waals surface area contributed by atoms with Crippen LogP contribution < -0.4 is 5.32 Å². The first-order chi connectivity index (χ1) is 9.51. The van der Waals surface area contributed by atoms with Gasteiger partial charge in [-0.3, -0.25) is 14.6 Å². The monoisotopic (exact) mass is 280 g/mol. The van der Waals surface area contributed by atoms with Crippen LogP contribution in [0.3, 0.4) is 0 Å². The summed E-state index contributed by atoms with van der Waals surface area (Å²) in [6.07, 6.45) is 2.12. The highest BCUT2D eigenvalue weighted by Gasteiger charge is 2.33. The number of nitriles is 1. The second-order valence-corrected chi connectivity index (χ2v) is 5.80. The Morgan fingerprint density at radius 3 is 2.50 bits per heavy atom. The predicted molar refractivity (Wildman–Crippen MR) is 80.2 cm³/mol. The lowest BCUT2D eigenvalue weighted by Crippen LogP contribution is -2.60. The Labute approximate surface area is 122 Å². The summed E-state index contributed by atoms with van der Waals surface area (Å²) in [6, 6.07) is 2.75. The fourth-order valence-electron chi connectivity index (χ4n) is 2.81. The molecule has 1 heterocycles. The van der Waals surface area contributed by atoms with Crippen LogP contribution in [-0.2, 0) is 4.79 Å². The minimum atomic E-state index is -0.0963. The zero-order valence-electron chi connectivity index (χ0n) is 13.2. The summed E-state index contributed by atoms with van der Waals surface area (Å²) in [5.74, 6) is 0.117. The third-order valence-electron chi connectivity index (χ3n) is 4.14. The van der Waals surface area contributed by atoms with E-state index in [1.807, 2.05) is 6.92 Å². The van der Waals surface area contributed by atoms with E-state index in [1.54, 1.807) is 0 Å². The van der Waals surface area contributed by atoms with Gasteiger partial charge in [0.15, 0.2) is 0 Å². The lowest BCUT2D eigenvalue weighted by molar-refractivity contribution is -0.127. The van der Waals surface area contributed by atoms with Gasteiger partial charge in [0.25, 0.3) is 0 Å². The number of carbonyl (C=O) groups excluding carboxylic acids is 1. The number of carbonyl (C=O) groups is 1. The van der Waals surface area contributed by atoms with Crippen LogP contribution in [0.1, 0.15) is 40.5 Å². The molecule has 1 saturated heterocycles. The highest BCUT2D eigenvalue weighted by Crippen LogP contribution is 2.17. The van der Waals surface area contributed by atoms with E-state index < -0.39 is 0 Å². The molecule has 0 aromatic rings. The first-order valence-corrected chi connectivity index (χ1v) is 7.65. The summed E-state index contributed by atoms with van der Waals surface area (Å²) in [4.78, 5) is 16.6. The molecule has 0 radical (unpaired) electrons. The zero-order chi connectivity index (χ0) is 15.1. The van der Waals surface area contributed by atoms with Crippen LogP contribution >= 0.6 is 0 Å². The SMILES string of the molecule is CCCCNC(=O)C(C)N1CC(C)N(CC#N)C(C)C1. The molecule has 0 aromatic carbocycles. The number of unbranched alkanes of at least 4 members (excludes halogenated alkanes) is 1. The summed E-state index contributed by atoms with van der Waals surface area (Å²) in [5.41, 5.74) is 0. The first-order valence-electron chi connectivity index (χ1n) is 7.65. The molecule has 3 unspecified atom stereocenters. The zero-order valence-corrected chi connectivity index (χ0v) is 13.2. The molecule has 1 fully saturated rings. The van der Waals surface area contributed by atoms with Crippen LogP contribution in [0, 0.1) is 11.3 Å². The maximum absolute atomic E-state index is 12.1. The lowest BCUT2D eigenvalue weighted by atomic mass is 10.1. The number of amides is 1. The van der Waals surface area contributed by atoms with Crippen molar-refractivity contribution in [3.63, 3.8) is 0 Å². The molecule has 0 saturated carbocycles. The van der Waals surface area contributed by atoms with Crippen molar-refractivity contribution >= 4 is 5.91 Å². The second-order valence-electron chi connectivity index (χ2n) is 5.80. The van der Waals surface area contributed by atoms with Gasteiger partial charge in [-0.15, -0.1) is 0 Å². The van der Waals surface area contributed by atoms with Crippen LogP contribution in [0.4, 0.5) is 0 Å². The molecule has 5 nitrogen and oxygen atoms in total. The Kier molecular flexibility index (Phi) is 6.97. The molecule has 0 aromatic heterocycles. The highest BCUT2D eigenvalue weighted by molar-refractivity contribution is 5.81. The van der Waals surface area contributed by atoms with Crippen molar-refractivity contribution in [2.75, 3.05) is 26.2 Å². The van der Waals surface area contributed by atoms with Crippen molar-refractivity contribution in [2.24, 2.45) is 0 Å². The van der Waals surface area contributed by atoms with Gasteiger partial charge in [-0.05, 0) is 27.2 Å². The summed E-state index contributed by atoms with van der Waals surface area (Å²) in [5, 5.41) is 11.9. The molecule has 3 atom stereocenters. The third kappa shape index (κ3) is 4.46. The number of hydrogen-bond acceptors (Lipinski definition) is 4. The van der Waals surface area contributed by atoms with E-state index in [0.717, 1.165) is 32.5 Å². The number of nitrogens with one attached hydrogen (secondary N) is 1. The molecule has 1 N–H and O–H groups in total. The van der Waals surface area contributed by atoms with E-state index in [0.29, 0.717) is 18.6 Å². The van der Waals surface area contributed by atoms with E-state index in [-0.39, 0.29) is 11.9 Å². The Hall–Kier alpha value is -1.12. The van der Waals surface area contributed by atoms with Crippen molar-refractivity contribution in [2.45, 2.75) is 58.7 Å². The van der Waals surface area contributed by atoms with Gasteiger partial charge < -0.3 is 5.32 Å². The van der Waals surface area contributed by atoms with Crippen molar-refractivity contribution in [3.8, 4) is 6.07 Å². The number of rotatable bonds is 6. The van der Waals surface area contributed by atoms with Crippen molar-refractivity contribution < 1.29 is 4.79 Å². The first kappa shape index (κ1) is 16.9. The van der Waals surface area contributed by atoms with Gasteiger partial charge >= 0.3 is 0 Å². The van der Waals surface area contributed by atoms with Crippen molar-refractivity contribution in [1.82, 2.24) is 15.1 Å². The molecule has 1 rings (SSSR count).